The van der Waals surface area contributed by atoms with Crippen LogP contribution in [-0.2, 0) is 5.60 Å². The number of terminal acetylenes is 1. The van der Waals surface area contributed by atoms with Crippen molar-refractivity contribution in [3.63, 3.8) is 0 Å². The van der Waals surface area contributed by atoms with E-state index in [0.29, 0.717) is 0 Å². The Labute approximate surface area is 131 Å². The minimum atomic E-state index is -0.941. The molecule has 0 atom stereocenters. The Bertz CT molecular complexity index is 716. The highest BCUT2D eigenvalue weighted by Crippen LogP contribution is 2.34. The van der Waals surface area contributed by atoms with Crippen LogP contribution in [0.3, 0.4) is 0 Å². The van der Waals surface area contributed by atoms with Gasteiger partial charge in [0.2, 0.25) is 5.60 Å². The second kappa shape index (κ2) is 6.20. The van der Waals surface area contributed by atoms with Crippen LogP contribution in [0.15, 0.2) is 91.0 Å². The molecule has 3 aromatic rings. The van der Waals surface area contributed by atoms with E-state index in [1.165, 1.54) is 0 Å². The van der Waals surface area contributed by atoms with Crippen molar-refractivity contribution in [2.75, 3.05) is 0 Å². The van der Waals surface area contributed by atoms with Gasteiger partial charge in [0.05, 0.1) is 0 Å². The minimum Gasteiger partial charge on any atom is -0.466 e. The minimum absolute atomic E-state index is 0.744. The molecule has 0 fully saturated rings. The molecule has 1 nitrogen and oxygen atoms in total. The van der Waals surface area contributed by atoms with Gasteiger partial charge in [-0.3, -0.25) is 0 Å². The molecule has 3 aromatic carbocycles. The summed E-state index contributed by atoms with van der Waals surface area (Å²) in [6.07, 6.45) is 5.94. The number of hydrogen-bond donors (Lipinski definition) is 0. The van der Waals surface area contributed by atoms with Crippen molar-refractivity contribution in [1.82, 2.24) is 0 Å². The normalized spacial score (nSPS) is 10.7. The molecule has 0 saturated heterocycles. The molecule has 0 aromatic heterocycles. The van der Waals surface area contributed by atoms with Crippen LogP contribution in [0.1, 0.15) is 11.1 Å². The Morgan fingerprint density at radius 3 is 1.45 bits per heavy atom. The zero-order valence-electron chi connectivity index (χ0n) is 12.1. The van der Waals surface area contributed by atoms with Gasteiger partial charge < -0.3 is 4.74 Å². The van der Waals surface area contributed by atoms with Gasteiger partial charge >= 0.3 is 0 Å². The van der Waals surface area contributed by atoms with E-state index in [1.807, 2.05) is 91.0 Å². The predicted molar refractivity (Wildman–Crippen MR) is 89.6 cm³/mol. The van der Waals surface area contributed by atoms with E-state index in [9.17, 15) is 0 Å². The smallest absolute Gasteiger partial charge is 0.220 e. The van der Waals surface area contributed by atoms with E-state index in [-0.39, 0.29) is 0 Å². The Kier molecular flexibility index (Phi) is 3.94. The number of ether oxygens (including phenoxy) is 1. The first-order chi connectivity index (χ1) is 10.8. The van der Waals surface area contributed by atoms with E-state index in [4.69, 9.17) is 11.2 Å². The lowest BCUT2D eigenvalue weighted by molar-refractivity contribution is 0.175. The fourth-order valence-electron chi connectivity index (χ4n) is 2.49. The molecule has 0 heterocycles. The van der Waals surface area contributed by atoms with Crippen molar-refractivity contribution < 1.29 is 4.74 Å². The zero-order valence-corrected chi connectivity index (χ0v) is 12.1. The summed E-state index contributed by atoms with van der Waals surface area (Å²) in [6.45, 7) is 0. The van der Waals surface area contributed by atoms with Crippen LogP contribution in [0.4, 0.5) is 0 Å². The molecule has 3 rings (SSSR count). The molecule has 0 saturated carbocycles. The second-order valence-corrected chi connectivity index (χ2v) is 4.97. The molecule has 0 N–H and O–H groups in total. The van der Waals surface area contributed by atoms with Gasteiger partial charge in [0, 0.05) is 11.1 Å². The topological polar surface area (TPSA) is 9.23 Å². The molecular formula is C21H16O. The summed E-state index contributed by atoms with van der Waals surface area (Å²) >= 11 is 0. The summed E-state index contributed by atoms with van der Waals surface area (Å²) in [5.41, 5.74) is 0.934. The van der Waals surface area contributed by atoms with Gasteiger partial charge in [-0.15, -0.1) is 6.42 Å². The van der Waals surface area contributed by atoms with E-state index in [1.54, 1.807) is 0 Å². The number of hydrogen-bond acceptors (Lipinski definition) is 1. The Morgan fingerprint density at radius 1 is 0.636 bits per heavy atom. The van der Waals surface area contributed by atoms with Crippen molar-refractivity contribution in [3.05, 3.63) is 102 Å². The van der Waals surface area contributed by atoms with E-state index in [2.05, 4.69) is 5.92 Å². The molecule has 0 aliphatic heterocycles. The summed E-state index contributed by atoms with van der Waals surface area (Å²) in [7, 11) is 0. The number of para-hydroxylation sites is 1. The molecule has 106 valence electrons. The first-order valence-electron chi connectivity index (χ1n) is 7.18. The van der Waals surface area contributed by atoms with Crippen LogP contribution in [0.25, 0.3) is 0 Å². The molecule has 0 bridgehead atoms. The van der Waals surface area contributed by atoms with Crippen LogP contribution in [0.5, 0.6) is 5.75 Å². The van der Waals surface area contributed by atoms with Gasteiger partial charge in [-0.05, 0) is 18.1 Å². The molecule has 0 aliphatic rings. The fraction of sp³-hybridized carbons (Fsp3) is 0.0476. The third-order valence-electron chi connectivity index (χ3n) is 3.58. The summed E-state index contributed by atoms with van der Waals surface area (Å²) < 4.78 is 6.29. The Hall–Kier alpha value is -2.98. The lowest BCUT2D eigenvalue weighted by atomic mass is 9.86. The van der Waals surface area contributed by atoms with Crippen molar-refractivity contribution in [3.8, 4) is 18.1 Å². The van der Waals surface area contributed by atoms with Gasteiger partial charge in [0.25, 0.3) is 0 Å². The predicted octanol–water partition coefficient (Wildman–Crippen LogP) is 4.64. The molecule has 22 heavy (non-hydrogen) atoms. The maximum Gasteiger partial charge on any atom is 0.220 e. The molecule has 0 unspecified atom stereocenters. The first-order valence-corrected chi connectivity index (χ1v) is 7.18. The summed E-state index contributed by atoms with van der Waals surface area (Å²) in [6, 6.07) is 29.5. The standard InChI is InChI=1S/C21H16O/c1-2-21(18-12-6-3-7-13-18,19-14-8-4-9-15-19)22-20-16-10-5-11-17-20/h1,3-17H. The maximum atomic E-state index is 6.29. The Balaban J connectivity index is 2.16. The highest BCUT2D eigenvalue weighted by Gasteiger charge is 2.34. The molecular weight excluding hydrogens is 268 g/mol. The molecule has 0 radical (unpaired) electrons. The van der Waals surface area contributed by atoms with E-state index in [0.717, 1.165) is 16.9 Å². The third-order valence-corrected chi connectivity index (χ3v) is 3.58. The molecule has 0 spiro atoms. The molecule has 0 amide bonds. The Morgan fingerprint density at radius 2 is 1.05 bits per heavy atom. The zero-order chi connectivity index (χ0) is 15.3. The van der Waals surface area contributed by atoms with Crippen molar-refractivity contribution >= 4 is 0 Å². The van der Waals surface area contributed by atoms with Crippen LogP contribution in [-0.4, -0.2) is 0 Å². The van der Waals surface area contributed by atoms with Crippen molar-refractivity contribution in [2.24, 2.45) is 0 Å². The average molecular weight is 284 g/mol. The monoisotopic (exact) mass is 284 g/mol. The van der Waals surface area contributed by atoms with Crippen LogP contribution in [0.2, 0.25) is 0 Å². The molecule has 1 heteroatoms. The van der Waals surface area contributed by atoms with Gasteiger partial charge in [0.1, 0.15) is 5.75 Å². The highest BCUT2D eigenvalue weighted by atomic mass is 16.5. The quantitative estimate of drug-likeness (QED) is 0.634. The lowest BCUT2D eigenvalue weighted by Gasteiger charge is -2.30. The average Bonchev–Trinajstić information content (AvgIpc) is 2.62. The SMILES string of the molecule is C#CC(Oc1ccccc1)(c1ccccc1)c1ccccc1. The van der Waals surface area contributed by atoms with Gasteiger partial charge in [-0.2, -0.15) is 0 Å². The largest absolute Gasteiger partial charge is 0.466 e. The first kappa shape index (κ1) is 14.0. The summed E-state index contributed by atoms with van der Waals surface area (Å²) in [5.74, 6) is 3.62. The highest BCUT2D eigenvalue weighted by molar-refractivity contribution is 5.46. The van der Waals surface area contributed by atoms with Gasteiger partial charge in [-0.25, -0.2) is 0 Å². The number of rotatable bonds is 4. The van der Waals surface area contributed by atoms with Crippen molar-refractivity contribution in [2.45, 2.75) is 5.60 Å². The van der Waals surface area contributed by atoms with Gasteiger partial charge in [-0.1, -0.05) is 78.9 Å². The summed E-state index contributed by atoms with van der Waals surface area (Å²) in [4.78, 5) is 0. The fourth-order valence-corrected chi connectivity index (χ4v) is 2.49. The number of benzene rings is 3. The van der Waals surface area contributed by atoms with Crippen molar-refractivity contribution in [1.29, 1.82) is 0 Å². The summed E-state index contributed by atoms with van der Waals surface area (Å²) in [5, 5.41) is 0. The lowest BCUT2D eigenvalue weighted by Crippen LogP contribution is -2.32. The maximum absolute atomic E-state index is 6.29. The third kappa shape index (κ3) is 2.60. The van der Waals surface area contributed by atoms with Crippen LogP contribution >= 0.6 is 0 Å². The van der Waals surface area contributed by atoms with Crippen LogP contribution in [0, 0.1) is 12.3 Å². The van der Waals surface area contributed by atoms with E-state index >= 15 is 0 Å². The molecule has 0 aliphatic carbocycles. The van der Waals surface area contributed by atoms with E-state index < -0.39 is 5.60 Å². The van der Waals surface area contributed by atoms with Gasteiger partial charge in [0.15, 0.2) is 0 Å². The van der Waals surface area contributed by atoms with Crippen LogP contribution < -0.4 is 4.74 Å². The second-order valence-electron chi connectivity index (χ2n) is 4.97.